The van der Waals surface area contributed by atoms with Crippen LogP contribution >= 0.6 is 8.00 Å². The van der Waals surface area contributed by atoms with E-state index in [0.29, 0.717) is 12.1 Å². The summed E-state index contributed by atoms with van der Waals surface area (Å²) in [7, 11) is -2.62. The number of H-pyrrole nitrogens is 1. The van der Waals surface area contributed by atoms with Gasteiger partial charge in [-0.3, -0.25) is 9.59 Å². The molecule has 4 rings (SSSR count). The molecule has 5 N–H and O–H groups in total. The van der Waals surface area contributed by atoms with Gasteiger partial charge in [-0.15, -0.1) is 0 Å². The van der Waals surface area contributed by atoms with Crippen molar-refractivity contribution in [2.24, 2.45) is 11.7 Å². The van der Waals surface area contributed by atoms with E-state index in [4.69, 9.17) is 15.0 Å². The van der Waals surface area contributed by atoms with Crippen LogP contribution in [0.1, 0.15) is 37.1 Å². The Bertz CT molecular complexity index is 1590. The number of nitrogens with two attached hydrogens (primary N) is 1. The van der Waals surface area contributed by atoms with E-state index in [0.717, 1.165) is 27.7 Å². The number of hydrogen-bond acceptors (Lipinski definition) is 8. The minimum absolute atomic E-state index is 0.0170. The highest BCUT2D eigenvalue weighted by Crippen LogP contribution is 2.21. The first-order valence-corrected chi connectivity index (χ1v) is 15.9. The molecule has 0 saturated carbocycles. The van der Waals surface area contributed by atoms with Gasteiger partial charge in [-0.25, -0.2) is 9.78 Å². The van der Waals surface area contributed by atoms with Gasteiger partial charge in [0, 0.05) is 18.3 Å². The molecule has 0 aliphatic rings. The standard InChI is InChI=1S/C33H38N5O6P/c1-22(2)15-30(44-45(42)20-31(39)43-19-23-9-4-3-5-10-23)38-33(41)29(17-26-18-35-21-36-26)37-32(40)28(34)16-25-13-8-12-24-11-6-7-14-27(24)25/h3-14,18,20-22,28-30H,15-17,19,34H2,1-2H3,(H,35,36)(H,37,40)(H,38,41)/t28-,29?,30+/m1/s1. The summed E-state index contributed by atoms with van der Waals surface area (Å²) in [6.07, 6.45) is 2.67. The number of hydrogen-bond donors (Lipinski definition) is 4. The van der Waals surface area contributed by atoms with E-state index in [1.54, 1.807) is 18.3 Å². The molecule has 12 heteroatoms. The summed E-state index contributed by atoms with van der Waals surface area (Å²) < 4.78 is 10.7. The smallest absolute Gasteiger partial charge is 0.376 e. The number of carbonyl (C=O) groups excluding carboxylic acids is 3. The van der Waals surface area contributed by atoms with Crippen molar-refractivity contribution in [3.8, 4) is 0 Å². The predicted octanol–water partition coefficient (Wildman–Crippen LogP) is 2.88. The maximum atomic E-state index is 13.5. The number of amides is 2. The number of aromatic amines is 1. The molecule has 1 aromatic heterocycles. The summed E-state index contributed by atoms with van der Waals surface area (Å²) >= 11 is 0. The van der Waals surface area contributed by atoms with Crippen molar-refractivity contribution in [1.82, 2.24) is 20.6 Å². The Labute approximate surface area is 263 Å². The molecule has 2 amide bonds. The largest absolute Gasteiger partial charge is 0.603 e. The molecular weight excluding hydrogens is 593 g/mol. The Hall–Kier alpha value is -4.41. The maximum Gasteiger partial charge on any atom is 0.376 e. The number of aromatic nitrogens is 2. The van der Waals surface area contributed by atoms with Crippen molar-refractivity contribution < 1.29 is 28.5 Å². The van der Waals surface area contributed by atoms with Gasteiger partial charge in [0.05, 0.1) is 12.4 Å². The fourth-order valence-electron chi connectivity index (χ4n) is 4.73. The third kappa shape index (κ3) is 10.6. The third-order valence-corrected chi connectivity index (χ3v) is 7.81. The second-order valence-corrected chi connectivity index (χ2v) is 12.1. The van der Waals surface area contributed by atoms with Gasteiger partial charge in [0.15, 0.2) is 6.23 Å². The van der Waals surface area contributed by atoms with E-state index in [-0.39, 0.29) is 25.4 Å². The van der Waals surface area contributed by atoms with Crippen LogP contribution < -0.4 is 21.3 Å². The number of nitrogens with zero attached hydrogens (tertiary/aromatic N) is 1. The van der Waals surface area contributed by atoms with Crippen LogP contribution in [0.3, 0.4) is 0 Å². The van der Waals surface area contributed by atoms with E-state index in [1.165, 1.54) is 6.33 Å². The average molecular weight is 632 g/mol. The Morgan fingerprint density at radius 2 is 1.71 bits per heavy atom. The van der Waals surface area contributed by atoms with Crippen LogP contribution in [0, 0.1) is 5.92 Å². The quantitative estimate of drug-likeness (QED) is 0.0881. The molecule has 1 heterocycles. The summed E-state index contributed by atoms with van der Waals surface area (Å²) in [5.41, 5.74) is 8.63. The van der Waals surface area contributed by atoms with Crippen molar-refractivity contribution in [2.45, 2.75) is 58.0 Å². The molecule has 0 bridgehead atoms. The molecule has 236 valence electrons. The van der Waals surface area contributed by atoms with E-state index in [2.05, 4.69) is 20.6 Å². The molecule has 0 saturated heterocycles. The van der Waals surface area contributed by atoms with Crippen LogP contribution in [0.4, 0.5) is 0 Å². The highest BCUT2D eigenvalue weighted by atomic mass is 31.1. The minimum Gasteiger partial charge on any atom is -0.603 e. The van der Waals surface area contributed by atoms with Crippen molar-refractivity contribution in [2.75, 3.05) is 0 Å². The number of nitrogens with one attached hydrogen (secondary N) is 3. The number of fused-ring (bicyclic) bond motifs is 1. The van der Waals surface area contributed by atoms with Crippen molar-refractivity contribution in [3.63, 3.8) is 0 Å². The zero-order chi connectivity index (χ0) is 32.2. The van der Waals surface area contributed by atoms with Gasteiger partial charge < -0.3 is 31.0 Å². The zero-order valence-corrected chi connectivity index (χ0v) is 26.1. The first kappa shape index (κ1) is 33.5. The molecule has 2 unspecified atom stereocenters. The van der Waals surface area contributed by atoms with E-state index in [1.807, 2.05) is 74.5 Å². The lowest BCUT2D eigenvalue weighted by Gasteiger charge is -2.24. The molecular formula is C33H38N5O6P. The van der Waals surface area contributed by atoms with Crippen LogP contribution in [0.5, 0.6) is 0 Å². The highest BCUT2D eigenvalue weighted by molar-refractivity contribution is 7.47. The lowest BCUT2D eigenvalue weighted by Crippen LogP contribution is -2.54. The summed E-state index contributed by atoms with van der Waals surface area (Å²) in [6.45, 7) is 3.83. The normalized spacial score (nSPS) is 13.7. The van der Waals surface area contributed by atoms with Gasteiger partial charge in [0.25, 0.3) is 0 Å². The van der Waals surface area contributed by atoms with E-state index in [9.17, 15) is 19.3 Å². The first-order chi connectivity index (χ1) is 21.7. The summed E-state index contributed by atoms with van der Waals surface area (Å²) in [5.74, 6) is -1.01. The van der Waals surface area contributed by atoms with Crippen molar-refractivity contribution >= 4 is 42.4 Å². The average Bonchev–Trinajstić information content (AvgIpc) is 3.53. The number of imidazole rings is 1. The summed E-state index contributed by atoms with van der Waals surface area (Å²) in [5, 5.41) is 7.54. The Balaban J connectivity index is 1.42. The molecule has 11 nitrogen and oxygen atoms in total. The summed E-state index contributed by atoms with van der Waals surface area (Å²) in [4.78, 5) is 58.7. The van der Waals surface area contributed by atoms with Crippen LogP contribution in [-0.2, 0) is 43.1 Å². The number of esters is 1. The molecule has 0 fully saturated rings. The Morgan fingerprint density at radius 1 is 0.978 bits per heavy atom. The van der Waals surface area contributed by atoms with Gasteiger partial charge in [0.1, 0.15) is 12.6 Å². The van der Waals surface area contributed by atoms with Crippen LogP contribution in [0.25, 0.3) is 10.8 Å². The first-order valence-electron chi connectivity index (χ1n) is 14.7. The Kier molecular flexibility index (Phi) is 12.4. The SMILES string of the molecule is CC(C)C[C@@H](NC(=O)C(Cc1cnc[nH]1)NC(=O)[C@H](N)Cc1cccc2ccccc12)O[P+]([O-])=CC(=O)OCc1ccccc1. The molecule has 3 aromatic carbocycles. The molecule has 0 radical (unpaired) electrons. The van der Waals surface area contributed by atoms with Crippen molar-refractivity contribution in [1.29, 1.82) is 0 Å². The highest BCUT2D eigenvalue weighted by Gasteiger charge is 2.29. The van der Waals surface area contributed by atoms with Gasteiger partial charge in [0.2, 0.25) is 25.6 Å². The number of benzene rings is 3. The molecule has 0 aliphatic heterocycles. The zero-order valence-electron chi connectivity index (χ0n) is 25.2. The topological polar surface area (TPSA) is 171 Å². The fraction of sp³-hybridized carbons (Fsp3) is 0.303. The van der Waals surface area contributed by atoms with Crippen molar-refractivity contribution in [3.05, 3.63) is 102 Å². The molecule has 0 aliphatic carbocycles. The number of carbonyl (C=O) groups is 3. The van der Waals surface area contributed by atoms with Gasteiger partial charge in [-0.1, -0.05) is 86.6 Å². The van der Waals surface area contributed by atoms with E-state index < -0.39 is 44.1 Å². The van der Waals surface area contributed by atoms with Crippen LogP contribution in [0.15, 0.2) is 85.3 Å². The molecule has 4 aromatic rings. The number of ether oxygens (including phenoxy) is 1. The minimum atomic E-state index is -2.62. The van der Waals surface area contributed by atoms with Gasteiger partial charge in [-0.05, 0) is 40.7 Å². The third-order valence-electron chi connectivity index (χ3n) is 6.92. The van der Waals surface area contributed by atoms with Crippen LogP contribution in [0.2, 0.25) is 0 Å². The monoisotopic (exact) mass is 631 g/mol. The molecule has 45 heavy (non-hydrogen) atoms. The Morgan fingerprint density at radius 3 is 2.44 bits per heavy atom. The lowest BCUT2D eigenvalue weighted by atomic mass is 9.98. The molecule has 4 atom stereocenters. The lowest BCUT2D eigenvalue weighted by molar-refractivity contribution is -0.177. The fourth-order valence-corrected chi connectivity index (χ4v) is 5.43. The second-order valence-electron chi connectivity index (χ2n) is 11.0. The van der Waals surface area contributed by atoms with Crippen LogP contribution in [-0.4, -0.2) is 51.9 Å². The van der Waals surface area contributed by atoms with Gasteiger partial charge >= 0.3 is 5.97 Å². The summed E-state index contributed by atoms with van der Waals surface area (Å²) in [6, 6.07) is 20.8. The second kappa shape index (κ2) is 16.6. The number of rotatable bonds is 15. The predicted molar refractivity (Wildman–Crippen MR) is 172 cm³/mol. The maximum absolute atomic E-state index is 13.5. The van der Waals surface area contributed by atoms with Gasteiger partial charge in [-0.2, -0.15) is 4.52 Å². The van der Waals surface area contributed by atoms with E-state index >= 15 is 0 Å². The molecule has 0 spiro atoms.